The minimum Gasteiger partial charge on any atom is -0.377 e. The van der Waals surface area contributed by atoms with Gasteiger partial charge in [-0.3, -0.25) is 4.90 Å². The molecule has 106 valence electrons. The maximum absolute atomic E-state index is 6.04. The molecule has 0 aliphatic carbocycles. The van der Waals surface area contributed by atoms with Gasteiger partial charge in [-0.2, -0.15) is 0 Å². The average molecular weight is 283 g/mol. The molecule has 1 saturated heterocycles. The van der Waals surface area contributed by atoms with E-state index in [1.165, 1.54) is 5.69 Å². The molecular weight excluding hydrogens is 260 g/mol. The lowest BCUT2D eigenvalue weighted by atomic mass is 10.2. The Bertz CT molecular complexity index is 389. The highest BCUT2D eigenvalue weighted by Gasteiger charge is 2.17. The van der Waals surface area contributed by atoms with E-state index in [9.17, 15) is 0 Å². The third-order valence-electron chi connectivity index (χ3n) is 3.40. The van der Waals surface area contributed by atoms with Crippen LogP contribution in [0, 0.1) is 0 Å². The summed E-state index contributed by atoms with van der Waals surface area (Å²) in [6.45, 7) is 10.3. The lowest BCUT2D eigenvalue weighted by Gasteiger charge is -2.36. The minimum absolute atomic E-state index is 0.327. The number of anilines is 1. The molecule has 3 nitrogen and oxygen atoms in total. The van der Waals surface area contributed by atoms with Crippen molar-refractivity contribution in [3.63, 3.8) is 0 Å². The summed E-state index contributed by atoms with van der Waals surface area (Å²) in [6, 6.07) is 8.10. The van der Waals surface area contributed by atoms with Gasteiger partial charge in [0.1, 0.15) is 0 Å². The zero-order valence-electron chi connectivity index (χ0n) is 11.8. The van der Waals surface area contributed by atoms with Crippen LogP contribution in [0.2, 0.25) is 5.02 Å². The Balaban J connectivity index is 1.76. The van der Waals surface area contributed by atoms with Gasteiger partial charge in [0, 0.05) is 43.4 Å². The van der Waals surface area contributed by atoms with Crippen molar-refractivity contribution in [3.05, 3.63) is 29.3 Å². The average Bonchev–Trinajstić information content (AvgIpc) is 2.39. The van der Waals surface area contributed by atoms with Crippen molar-refractivity contribution in [2.75, 3.05) is 44.2 Å². The lowest BCUT2D eigenvalue weighted by Crippen LogP contribution is -2.47. The van der Waals surface area contributed by atoms with Crippen LogP contribution in [0.3, 0.4) is 0 Å². The number of benzene rings is 1. The first-order chi connectivity index (χ1) is 9.15. The van der Waals surface area contributed by atoms with Gasteiger partial charge in [-0.15, -0.1) is 0 Å². The second kappa shape index (κ2) is 7.13. The van der Waals surface area contributed by atoms with Gasteiger partial charge in [0.25, 0.3) is 0 Å². The Morgan fingerprint density at radius 2 is 1.95 bits per heavy atom. The molecule has 2 rings (SSSR count). The Morgan fingerprint density at radius 1 is 1.21 bits per heavy atom. The van der Waals surface area contributed by atoms with Crippen LogP contribution < -0.4 is 4.90 Å². The number of hydrogen-bond donors (Lipinski definition) is 0. The predicted octanol–water partition coefficient (Wildman–Crippen LogP) is 2.89. The van der Waals surface area contributed by atoms with E-state index in [1.807, 2.05) is 18.2 Å². The summed E-state index contributed by atoms with van der Waals surface area (Å²) in [5.74, 6) is 0. The van der Waals surface area contributed by atoms with Gasteiger partial charge in [0.05, 0.1) is 12.7 Å². The van der Waals surface area contributed by atoms with E-state index < -0.39 is 0 Å². The standard InChI is InChI=1S/C15H23ClN2O/c1-13(2)19-11-10-17-6-8-18(9-7-17)15-5-3-4-14(16)12-15/h3-5,12-13H,6-11H2,1-2H3. The molecule has 0 atom stereocenters. The second-order valence-corrected chi connectivity index (χ2v) is 5.66. The van der Waals surface area contributed by atoms with Crippen molar-refractivity contribution in [1.82, 2.24) is 4.90 Å². The van der Waals surface area contributed by atoms with Crippen molar-refractivity contribution >= 4 is 17.3 Å². The molecule has 1 fully saturated rings. The fraction of sp³-hybridized carbons (Fsp3) is 0.600. The van der Waals surface area contributed by atoms with Crippen molar-refractivity contribution < 1.29 is 4.74 Å². The fourth-order valence-electron chi connectivity index (χ4n) is 2.32. The summed E-state index contributed by atoms with van der Waals surface area (Å²) in [4.78, 5) is 4.86. The van der Waals surface area contributed by atoms with Gasteiger partial charge in [-0.1, -0.05) is 17.7 Å². The zero-order chi connectivity index (χ0) is 13.7. The lowest BCUT2D eigenvalue weighted by molar-refractivity contribution is 0.0579. The Kier molecular flexibility index (Phi) is 5.49. The number of nitrogens with zero attached hydrogens (tertiary/aromatic N) is 2. The third-order valence-corrected chi connectivity index (χ3v) is 3.64. The molecule has 0 amide bonds. The summed E-state index contributed by atoms with van der Waals surface area (Å²) >= 11 is 6.04. The first kappa shape index (κ1) is 14.6. The van der Waals surface area contributed by atoms with Gasteiger partial charge >= 0.3 is 0 Å². The molecule has 0 N–H and O–H groups in total. The molecule has 1 aliphatic rings. The summed E-state index contributed by atoms with van der Waals surface area (Å²) in [7, 11) is 0. The number of ether oxygens (including phenoxy) is 1. The highest BCUT2D eigenvalue weighted by atomic mass is 35.5. The maximum Gasteiger partial charge on any atom is 0.0596 e. The van der Waals surface area contributed by atoms with Crippen molar-refractivity contribution in [2.24, 2.45) is 0 Å². The first-order valence-electron chi connectivity index (χ1n) is 6.99. The zero-order valence-corrected chi connectivity index (χ0v) is 12.6. The Morgan fingerprint density at radius 3 is 2.58 bits per heavy atom. The molecule has 1 aromatic carbocycles. The van der Waals surface area contributed by atoms with Crippen LogP contribution in [-0.4, -0.2) is 50.3 Å². The number of piperazine rings is 1. The molecule has 0 bridgehead atoms. The van der Waals surface area contributed by atoms with Gasteiger partial charge in [0.2, 0.25) is 0 Å². The summed E-state index contributed by atoms with van der Waals surface area (Å²) in [5.41, 5.74) is 1.23. The van der Waals surface area contributed by atoms with Crippen molar-refractivity contribution in [2.45, 2.75) is 20.0 Å². The predicted molar refractivity (Wildman–Crippen MR) is 81.2 cm³/mol. The molecule has 4 heteroatoms. The maximum atomic E-state index is 6.04. The fourth-order valence-corrected chi connectivity index (χ4v) is 2.50. The quantitative estimate of drug-likeness (QED) is 0.826. The van der Waals surface area contributed by atoms with E-state index in [0.717, 1.165) is 44.4 Å². The molecule has 1 heterocycles. The van der Waals surface area contributed by atoms with Gasteiger partial charge < -0.3 is 9.64 Å². The van der Waals surface area contributed by atoms with Crippen LogP contribution in [-0.2, 0) is 4.74 Å². The molecule has 1 aromatic rings. The smallest absolute Gasteiger partial charge is 0.0596 e. The summed E-state index contributed by atoms with van der Waals surface area (Å²) < 4.78 is 5.60. The SMILES string of the molecule is CC(C)OCCN1CCN(c2cccc(Cl)c2)CC1. The number of hydrogen-bond acceptors (Lipinski definition) is 3. The number of halogens is 1. The van der Waals surface area contributed by atoms with Crippen LogP contribution in [0.5, 0.6) is 0 Å². The Labute approximate surface area is 121 Å². The summed E-state index contributed by atoms with van der Waals surface area (Å²) in [6.07, 6.45) is 0.327. The Hall–Kier alpha value is -0.770. The van der Waals surface area contributed by atoms with Gasteiger partial charge in [-0.05, 0) is 32.0 Å². The van der Waals surface area contributed by atoms with Crippen LogP contribution in [0.15, 0.2) is 24.3 Å². The van der Waals surface area contributed by atoms with E-state index in [1.54, 1.807) is 0 Å². The normalized spacial score (nSPS) is 17.2. The molecule has 0 unspecified atom stereocenters. The van der Waals surface area contributed by atoms with Gasteiger partial charge in [0.15, 0.2) is 0 Å². The molecule has 0 radical (unpaired) electrons. The first-order valence-corrected chi connectivity index (χ1v) is 7.37. The molecular formula is C15H23ClN2O. The minimum atomic E-state index is 0.327. The van der Waals surface area contributed by atoms with E-state index in [2.05, 4.69) is 29.7 Å². The number of rotatable bonds is 5. The largest absolute Gasteiger partial charge is 0.377 e. The molecule has 0 aromatic heterocycles. The highest BCUT2D eigenvalue weighted by Crippen LogP contribution is 2.20. The van der Waals surface area contributed by atoms with Crippen LogP contribution in [0.1, 0.15) is 13.8 Å². The van der Waals surface area contributed by atoms with E-state index >= 15 is 0 Å². The highest BCUT2D eigenvalue weighted by molar-refractivity contribution is 6.30. The van der Waals surface area contributed by atoms with Crippen molar-refractivity contribution in [3.8, 4) is 0 Å². The van der Waals surface area contributed by atoms with Crippen molar-refractivity contribution in [1.29, 1.82) is 0 Å². The second-order valence-electron chi connectivity index (χ2n) is 5.23. The van der Waals surface area contributed by atoms with Crippen LogP contribution in [0.25, 0.3) is 0 Å². The molecule has 0 spiro atoms. The summed E-state index contributed by atoms with van der Waals surface area (Å²) in [5, 5.41) is 0.810. The van der Waals surface area contributed by atoms with Crippen LogP contribution in [0.4, 0.5) is 5.69 Å². The molecule has 1 aliphatic heterocycles. The van der Waals surface area contributed by atoms with E-state index in [-0.39, 0.29) is 0 Å². The third kappa shape index (κ3) is 4.68. The monoisotopic (exact) mass is 282 g/mol. The van der Waals surface area contributed by atoms with E-state index in [0.29, 0.717) is 6.10 Å². The molecule has 19 heavy (non-hydrogen) atoms. The molecule has 0 saturated carbocycles. The van der Waals surface area contributed by atoms with E-state index in [4.69, 9.17) is 16.3 Å². The van der Waals surface area contributed by atoms with Gasteiger partial charge in [-0.25, -0.2) is 0 Å². The topological polar surface area (TPSA) is 15.7 Å². The van der Waals surface area contributed by atoms with Crippen LogP contribution >= 0.6 is 11.6 Å².